The minimum Gasteiger partial charge on any atom is -0.497 e. The average Bonchev–Trinajstić information content (AvgIpc) is 2.82. The van der Waals surface area contributed by atoms with Crippen molar-refractivity contribution < 1.29 is 9.13 Å². The Hall–Kier alpha value is -1.75. The number of nitrogens with one attached hydrogen (secondary N) is 1. The summed E-state index contributed by atoms with van der Waals surface area (Å²) in [5, 5.41) is 8.15. The second-order valence-electron chi connectivity index (χ2n) is 4.58. The van der Waals surface area contributed by atoms with Gasteiger partial charge in [-0.3, -0.25) is 4.68 Å². The van der Waals surface area contributed by atoms with Crippen LogP contribution >= 0.6 is 11.6 Å². The molecule has 21 heavy (non-hydrogen) atoms. The molecule has 0 atom stereocenters. The summed E-state index contributed by atoms with van der Waals surface area (Å²) >= 11 is 6.33. The molecule has 0 unspecified atom stereocenters. The molecule has 114 valence electrons. The molecule has 0 aliphatic carbocycles. The molecule has 0 amide bonds. The second-order valence-corrected chi connectivity index (χ2v) is 4.95. The van der Waals surface area contributed by atoms with Crippen molar-refractivity contribution in [3.05, 3.63) is 40.4 Å². The van der Waals surface area contributed by atoms with Gasteiger partial charge in [0.1, 0.15) is 11.6 Å². The van der Waals surface area contributed by atoms with Crippen molar-refractivity contribution in [3.8, 4) is 5.75 Å². The second kappa shape index (κ2) is 6.80. The van der Waals surface area contributed by atoms with Crippen molar-refractivity contribution in [2.24, 2.45) is 0 Å². The van der Waals surface area contributed by atoms with E-state index >= 15 is 0 Å². The summed E-state index contributed by atoms with van der Waals surface area (Å²) < 4.78 is 20.7. The lowest BCUT2D eigenvalue weighted by Gasteiger charge is -2.10. The normalized spacial score (nSPS) is 10.7. The van der Waals surface area contributed by atoms with Crippen LogP contribution in [0.25, 0.3) is 0 Å². The van der Waals surface area contributed by atoms with Crippen LogP contribution < -0.4 is 10.1 Å². The van der Waals surface area contributed by atoms with E-state index in [0.717, 1.165) is 24.4 Å². The Bertz CT molecular complexity index is 628. The van der Waals surface area contributed by atoms with Crippen molar-refractivity contribution in [2.75, 3.05) is 12.4 Å². The standard InChI is InChI=1S/C15H19ClFN3O/c1-4-12-15(16)14(20(5-2)19-12)9-18-13-8-10(21-3)6-7-11(13)17/h6-8,18H,4-5,9H2,1-3H3. The molecule has 2 aromatic rings. The Morgan fingerprint density at radius 3 is 2.76 bits per heavy atom. The van der Waals surface area contributed by atoms with Gasteiger partial charge >= 0.3 is 0 Å². The van der Waals surface area contributed by atoms with Gasteiger partial charge in [-0.25, -0.2) is 4.39 Å². The van der Waals surface area contributed by atoms with Crippen molar-refractivity contribution in [1.82, 2.24) is 9.78 Å². The lowest BCUT2D eigenvalue weighted by Crippen LogP contribution is -2.09. The van der Waals surface area contributed by atoms with Gasteiger partial charge in [0.15, 0.2) is 0 Å². The summed E-state index contributed by atoms with van der Waals surface area (Å²) in [6, 6.07) is 4.58. The molecule has 0 aliphatic heterocycles. The number of anilines is 1. The Morgan fingerprint density at radius 2 is 2.14 bits per heavy atom. The van der Waals surface area contributed by atoms with Gasteiger partial charge in [-0.05, 0) is 25.5 Å². The van der Waals surface area contributed by atoms with Crippen LogP contribution in [0, 0.1) is 5.82 Å². The summed E-state index contributed by atoms with van der Waals surface area (Å²) in [6.45, 7) is 5.13. The van der Waals surface area contributed by atoms with Gasteiger partial charge in [0, 0.05) is 12.6 Å². The van der Waals surface area contributed by atoms with Crippen LogP contribution in [0.3, 0.4) is 0 Å². The van der Waals surface area contributed by atoms with Gasteiger partial charge < -0.3 is 10.1 Å². The van der Waals surface area contributed by atoms with E-state index < -0.39 is 0 Å². The van der Waals surface area contributed by atoms with Gasteiger partial charge in [0.05, 0.1) is 35.8 Å². The highest BCUT2D eigenvalue weighted by Crippen LogP contribution is 2.25. The number of hydrogen-bond acceptors (Lipinski definition) is 3. The molecule has 0 radical (unpaired) electrons. The van der Waals surface area contributed by atoms with Gasteiger partial charge in [0.2, 0.25) is 0 Å². The molecule has 1 aromatic carbocycles. The van der Waals surface area contributed by atoms with Gasteiger partial charge in [0.25, 0.3) is 0 Å². The number of ether oxygens (including phenoxy) is 1. The van der Waals surface area contributed by atoms with Crippen LogP contribution in [0.1, 0.15) is 25.2 Å². The van der Waals surface area contributed by atoms with Gasteiger partial charge in [-0.15, -0.1) is 0 Å². The van der Waals surface area contributed by atoms with Crippen molar-refractivity contribution >= 4 is 17.3 Å². The highest BCUT2D eigenvalue weighted by Gasteiger charge is 2.14. The molecule has 0 fully saturated rings. The summed E-state index contributed by atoms with van der Waals surface area (Å²) in [5.74, 6) is 0.272. The number of aryl methyl sites for hydroxylation is 2. The first kappa shape index (κ1) is 15.6. The average molecular weight is 312 g/mol. The number of methoxy groups -OCH3 is 1. The summed E-state index contributed by atoms with van der Waals surface area (Å²) in [6.07, 6.45) is 0.770. The minimum atomic E-state index is -0.329. The molecular formula is C15H19ClFN3O. The smallest absolute Gasteiger partial charge is 0.146 e. The fraction of sp³-hybridized carbons (Fsp3) is 0.400. The van der Waals surface area contributed by atoms with E-state index in [9.17, 15) is 4.39 Å². The first-order valence-corrected chi connectivity index (χ1v) is 7.29. The molecule has 1 heterocycles. The fourth-order valence-corrected chi connectivity index (χ4v) is 2.47. The summed E-state index contributed by atoms with van der Waals surface area (Å²) in [7, 11) is 1.55. The summed E-state index contributed by atoms with van der Waals surface area (Å²) in [5.41, 5.74) is 2.10. The Kier molecular flexibility index (Phi) is 5.07. The molecule has 6 heteroatoms. The molecule has 0 aliphatic rings. The highest BCUT2D eigenvalue weighted by molar-refractivity contribution is 6.31. The van der Waals surface area contributed by atoms with E-state index in [1.54, 1.807) is 19.2 Å². The SMILES string of the molecule is CCc1nn(CC)c(CNc2cc(OC)ccc2F)c1Cl. The number of nitrogens with zero attached hydrogens (tertiary/aromatic N) is 2. The van der Waals surface area contributed by atoms with E-state index in [1.807, 2.05) is 18.5 Å². The molecule has 0 saturated heterocycles. The lowest BCUT2D eigenvalue weighted by molar-refractivity contribution is 0.414. The third-order valence-corrected chi connectivity index (χ3v) is 3.75. The number of hydrogen-bond donors (Lipinski definition) is 1. The van der Waals surface area contributed by atoms with E-state index in [4.69, 9.17) is 16.3 Å². The van der Waals surface area contributed by atoms with Gasteiger partial charge in [-0.2, -0.15) is 5.10 Å². The van der Waals surface area contributed by atoms with Crippen LogP contribution in [-0.4, -0.2) is 16.9 Å². The Labute approximate surface area is 128 Å². The monoisotopic (exact) mass is 311 g/mol. The maximum atomic E-state index is 13.8. The number of halogens is 2. The zero-order valence-electron chi connectivity index (χ0n) is 12.4. The molecule has 4 nitrogen and oxygen atoms in total. The largest absolute Gasteiger partial charge is 0.497 e. The highest BCUT2D eigenvalue weighted by atomic mass is 35.5. The van der Waals surface area contributed by atoms with Gasteiger partial charge in [-0.1, -0.05) is 18.5 Å². The van der Waals surface area contributed by atoms with Crippen molar-refractivity contribution in [3.63, 3.8) is 0 Å². The van der Waals surface area contributed by atoms with Crippen LogP contribution in [-0.2, 0) is 19.5 Å². The summed E-state index contributed by atoms with van der Waals surface area (Å²) in [4.78, 5) is 0. The fourth-order valence-electron chi connectivity index (χ4n) is 2.13. The maximum Gasteiger partial charge on any atom is 0.146 e. The quantitative estimate of drug-likeness (QED) is 0.880. The minimum absolute atomic E-state index is 0.329. The first-order chi connectivity index (χ1) is 10.1. The predicted molar refractivity (Wildman–Crippen MR) is 82.6 cm³/mol. The van der Waals surface area contributed by atoms with Crippen LogP contribution in [0.5, 0.6) is 5.75 Å². The molecule has 0 saturated carbocycles. The van der Waals surface area contributed by atoms with Crippen molar-refractivity contribution in [1.29, 1.82) is 0 Å². The maximum absolute atomic E-state index is 13.8. The van der Waals surface area contributed by atoms with E-state index in [-0.39, 0.29) is 5.82 Å². The number of aromatic nitrogens is 2. The zero-order valence-corrected chi connectivity index (χ0v) is 13.2. The molecule has 2 rings (SSSR count). The first-order valence-electron chi connectivity index (χ1n) is 6.92. The Balaban J connectivity index is 2.22. The van der Waals surface area contributed by atoms with Crippen LogP contribution in [0.15, 0.2) is 18.2 Å². The molecular weight excluding hydrogens is 293 g/mol. The zero-order chi connectivity index (χ0) is 15.4. The predicted octanol–water partition coefficient (Wildman–Crippen LogP) is 3.88. The van der Waals surface area contributed by atoms with E-state index in [2.05, 4.69) is 10.4 Å². The topological polar surface area (TPSA) is 39.1 Å². The molecule has 1 N–H and O–H groups in total. The van der Waals surface area contributed by atoms with E-state index in [1.165, 1.54) is 6.07 Å². The molecule has 0 spiro atoms. The van der Waals surface area contributed by atoms with Crippen LogP contribution in [0.2, 0.25) is 5.02 Å². The molecule has 1 aromatic heterocycles. The van der Waals surface area contributed by atoms with E-state index in [0.29, 0.717) is 23.0 Å². The third kappa shape index (κ3) is 3.29. The lowest BCUT2D eigenvalue weighted by atomic mass is 10.2. The van der Waals surface area contributed by atoms with Crippen molar-refractivity contribution in [2.45, 2.75) is 33.4 Å². The van der Waals surface area contributed by atoms with Crippen LogP contribution in [0.4, 0.5) is 10.1 Å². The third-order valence-electron chi connectivity index (χ3n) is 3.31. The number of rotatable bonds is 6. The molecule has 0 bridgehead atoms. The number of benzene rings is 1. The Morgan fingerprint density at radius 1 is 1.38 bits per heavy atom.